The number of ketones is 1. The second-order valence-electron chi connectivity index (χ2n) is 8.19. The van der Waals surface area contributed by atoms with Gasteiger partial charge in [0.25, 0.3) is 0 Å². The van der Waals surface area contributed by atoms with E-state index in [9.17, 15) is 4.79 Å². The predicted octanol–water partition coefficient (Wildman–Crippen LogP) is 5.54. The molecule has 1 aromatic heterocycles. The molecule has 3 aromatic carbocycles. The Morgan fingerprint density at radius 1 is 0.939 bits per heavy atom. The van der Waals surface area contributed by atoms with E-state index in [1.165, 1.54) is 5.56 Å². The Hall–Kier alpha value is -3.28. The van der Waals surface area contributed by atoms with Crippen LogP contribution in [0.15, 0.2) is 96.1 Å². The number of aryl methyl sites for hydroxylation is 1. The van der Waals surface area contributed by atoms with Crippen molar-refractivity contribution in [1.29, 1.82) is 0 Å². The molecule has 0 spiro atoms. The fraction of sp³-hybridized carbons (Fsp3) is 0.214. The van der Waals surface area contributed by atoms with E-state index in [0.29, 0.717) is 0 Å². The summed E-state index contributed by atoms with van der Waals surface area (Å²) in [6.45, 7) is 2.28. The second kappa shape index (κ2) is 10.6. The van der Waals surface area contributed by atoms with Crippen LogP contribution in [-0.2, 0) is 11.2 Å². The van der Waals surface area contributed by atoms with Crippen LogP contribution in [0.4, 0.5) is 0 Å². The monoisotopic (exact) mass is 455 g/mol. The van der Waals surface area contributed by atoms with Gasteiger partial charge in [0, 0.05) is 11.9 Å². The van der Waals surface area contributed by atoms with Crippen LogP contribution in [0.1, 0.15) is 24.1 Å². The minimum absolute atomic E-state index is 0.0769. The third kappa shape index (κ3) is 5.38. The number of thiazole rings is 1. The summed E-state index contributed by atoms with van der Waals surface area (Å²) in [5.74, 6) is 0.0769. The summed E-state index contributed by atoms with van der Waals surface area (Å²) in [5, 5.41) is 0. The number of hydrogen-bond acceptors (Lipinski definition) is 4. The highest BCUT2D eigenvalue weighted by Crippen LogP contribution is 2.24. The van der Waals surface area contributed by atoms with Crippen LogP contribution in [0.2, 0.25) is 0 Å². The van der Waals surface area contributed by atoms with Gasteiger partial charge in [-0.25, -0.2) is 0 Å². The average molecular weight is 456 g/mol. The molecule has 0 aliphatic carbocycles. The number of Topliss-reactive ketones (excluding diaryl/α,β-unsaturated/α-hetero) is 1. The molecule has 0 N–H and O–H groups in total. The lowest BCUT2D eigenvalue weighted by atomic mass is 10.0. The van der Waals surface area contributed by atoms with E-state index >= 15 is 0 Å². The van der Waals surface area contributed by atoms with Crippen molar-refractivity contribution < 1.29 is 4.79 Å². The summed E-state index contributed by atoms with van der Waals surface area (Å²) in [6.07, 6.45) is 3.14. The topological polar surface area (TPSA) is 37.6 Å². The van der Waals surface area contributed by atoms with Gasteiger partial charge in [0.05, 0.1) is 10.9 Å². The first-order valence-corrected chi connectivity index (χ1v) is 12.0. The predicted molar refractivity (Wildman–Crippen MR) is 137 cm³/mol. The van der Waals surface area contributed by atoms with Crippen LogP contribution in [0.5, 0.6) is 0 Å². The standard InChI is InChI=1S/C28H29N3OS/c1-4-21-15-17-22(18-16-21)26-20-31(24-13-9-6-10-14-24)28(33-26)29-19-25(32)27(30(2)3)23-11-7-5-8-12-23/h5-18,20,27H,4,19H2,1-3H3. The number of hydrogen-bond donors (Lipinski definition) is 0. The number of carbonyl (C=O) groups excluding carboxylic acids is 1. The van der Waals surface area contributed by atoms with Gasteiger partial charge < -0.3 is 0 Å². The van der Waals surface area contributed by atoms with E-state index in [0.717, 1.165) is 32.9 Å². The van der Waals surface area contributed by atoms with Crippen LogP contribution < -0.4 is 4.80 Å². The Balaban J connectivity index is 1.70. The Kier molecular flexibility index (Phi) is 7.33. The SMILES string of the molecule is CCc1ccc(-c2cn(-c3ccccc3)c(=NCC(=O)C(c3ccccc3)N(C)C)s2)cc1. The van der Waals surface area contributed by atoms with Crippen molar-refractivity contribution in [3.8, 4) is 16.1 Å². The third-order valence-electron chi connectivity index (χ3n) is 5.64. The number of rotatable bonds is 8. The van der Waals surface area contributed by atoms with Gasteiger partial charge in [0.1, 0.15) is 6.54 Å². The number of likely N-dealkylation sites (N-methyl/N-ethyl adjacent to an activating group) is 1. The van der Waals surface area contributed by atoms with Crippen molar-refractivity contribution in [2.24, 2.45) is 4.99 Å². The van der Waals surface area contributed by atoms with Gasteiger partial charge in [0.15, 0.2) is 10.6 Å². The zero-order valence-electron chi connectivity index (χ0n) is 19.3. The minimum Gasteiger partial charge on any atom is -0.296 e. The fourth-order valence-electron chi connectivity index (χ4n) is 3.91. The molecule has 0 saturated heterocycles. The maximum Gasteiger partial charge on any atom is 0.190 e. The first-order chi connectivity index (χ1) is 16.1. The summed E-state index contributed by atoms with van der Waals surface area (Å²) in [6, 6.07) is 28.4. The maximum absolute atomic E-state index is 13.2. The summed E-state index contributed by atoms with van der Waals surface area (Å²) in [5.41, 5.74) is 4.49. The third-order valence-corrected chi connectivity index (χ3v) is 6.71. The highest BCUT2D eigenvalue weighted by molar-refractivity contribution is 7.12. The Morgan fingerprint density at radius 2 is 1.58 bits per heavy atom. The molecule has 1 unspecified atom stereocenters. The van der Waals surface area contributed by atoms with E-state index in [-0.39, 0.29) is 18.4 Å². The van der Waals surface area contributed by atoms with Gasteiger partial charge in [0.2, 0.25) is 0 Å². The van der Waals surface area contributed by atoms with Gasteiger partial charge in [-0.3, -0.25) is 19.3 Å². The van der Waals surface area contributed by atoms with Crippen LogP contribution in [0.3, 0.4) is 0 Å². The Bertz CT molecular complexity index is 1260. The summed E-state index contributed by atoms with van der Waals surface area (Å²) in [4.78, 5) is 21.9. The molecule has 0 bridgehead atoms. The highest BCUT2D eigenvalue weighted by Gasteiger charge is 2.22. The van der Waals surface area contributed by atoms with Gasteiger partial charge in [-0.05, 0) is 49.3 Å². The average Bonchev–Trinajstić information content (AvgIpc) is 3.28. The molecule has 4 rings (SSSR count). The molecule has 0 aliphatic heterocycles. The fourth-order valence-corrected chi connectivity index (χ4v) is 4.90. The smallest absolute Gasteiger partial charge is 0.190 e. The second-order valence-corrected chi connectivity index (χ2v) is 9.20. The van der Waals surface area contributed by atoms with Gasteiger partial charge in [-0.2, -0.15) is 0 Å². The van der Waals surface area contributed by atoms with Crippen molar-refractivity contribution in [3.63, 3.8) is 0 Å². The highest BCUT2D eigenvalue weighted by atomic mass is 32.1. The first-order valence-electron chi connectivity index (χ1n) is 11.2. The molecule has 33 heavy (non-hydrogen) atoms. The summed E-state index contributed by atoms with van der Waals surface area (Å²) < 4.78 is 2.08. The van der Waals surface area contributed by atoms with Crippen molar-refractivity contribution in [2.75, 3.05) is 20.6 Å². The minimum atomic E-state index is -0.318. The van der Waals surface area contributed by atoms with E-state index < -0.39 is 0 Å². The molecule has 5 heteroatoms. The number of para-hydroxylation sites is 1. The van der Waals surface area contributed by atoms with Crippen molar-refractivity contribution in [1.82, 2.24) is 9.47 Å². The van der Waals surface area contributed by atoms with Crippen LogP contribution >= 0.6 is 11.3 Å². The number of nitrogens with zero attached hydrogens (tertiary/aromatic N) is 3. The normalized spacial score (nSPS) is 12.8. The maximum atomic E-state index is 13.2. The van der Waals surface area contributed by atoms with Gasteiger partial charge in [-0.15, -0.1) is 0 Å². The van der Waals surface area contributed by atoms with E-state index in [4.69, 9.17) is 4.99 Å². The number of carbonyl (C=O) groups is 1. The molecular weight excluding hydrogens is 426 g/mol. The summed E-state index contributed by atoms with van der Waals surface area (Å²) >= 11 is 1.61. The van der Waals surface area contributed by atoms with Crippen LogP contribution in [0, 0.1) is 0 Å². The van der Waals surface area contributed by atoms with Crippen molar-refractivity contribution in [3.05, 3.63) is 107 Å². The van der Waals surface area contributed by atoms with Crippen molar-refractivity contribution >= 4 is 17.1 Å². The molecular formula is C28H29N3OS. The Morgan fingerprint density at radius 3 is 2.18 bits per heavy atom. The first kappa shape index (κ1) is 22.9. The number of benzene rings is 3. The van der Waals surface area contributed by atoms with E-state index in [2.05, 4.69) is 54.1 Å². The lowest BCUT2D eigenvalue weighted by molar-refractivity contribution is -0.122. The molecule has 4 aromatic rings. The zero-order valence-corrected chi connectivity index (χ0v) is 20.1. The molecule has 1 heterocycles. The van der Waals surface area contributed by atoms with Gasteiger partial charge in [-0.1, -0.05) is 91.1 Å². The quantitative estimate of drug-likeness (QED) is 0.350. The lowest BCUT2D eigenvalue weighted by Gasteiger charge is -2.22. The largest absolute Gasteiger partial charge is 0.296 e. The van der Waals surface area contributed by atoms with E-state index in [1.54, 1.807) is 11.3 Å². The molecule has 0 saturated carbocycles. The molecule has 4 nitrogen and oxygen atoms in total. The lowest BCUT2D eigenvalue weighted by Crippen LogP contribution is -2.30. The van der Waals surface area contributed by atoms with Gasteiger partial charge >= 0.3 is 0 Å². The molecule has 0 fully saturated rings. The van der Waals surface area contributed by atoms with E-state index in [1.807, 2.05) is 67.5 Å². The molecule has 0 radical (unpaired) electrons. The summed E-state index contributed by atoms with van der Waals surface area (Å²) in [7, 11) is 3.87. The number of aromatic nitrogens is 1. The van der Waals surface area contributed by atoms with Crippen LogP contribution in [0.25, 0.3) is 16.1 Å². The molecule has 1 atom stereocenters. The van der Waals surface area contributed by atoms with Crippen LogP contribution in [-0.4, -0.2) is 35.9 Å². The molecule has 0 amide bonds. The molecule has 168 valence electrons. The zero-order chi connectivity index (χ0) is 23.2. The van der Waals surface area contributed by atoms with Crippen molar-refractivity contribution in [2.45, 2.75) is 19.4 Å². The molecule has 0 aliphatic rings. The Labute approximate surface area is 199 Å².